The maximum atomic E-state index is 12.1. The first-order valence-corrected chi connectivity index (χ1v) is 10.4. The van der Waals surface area contributed by atoms with Crippen molar-refractivity contribution in [3.05, 3.63) is 76.8 Å². The van der Waals surface area contributed by atoms with Crippen molar-refractivity contribution in [3.8, 4) is 10.6 Å². The van der Waals surface area contributed by atoms with Crippen molar-refractivity contribution < 1.29 is 14.3 Å². The van der Waals surface area contributed by atoms with Gasteiger partial charge in [0, 0.05) is 17.5 Å². The van der Waals surface area contributed by atoms with Crippen LogP contribution in [-0.2, 0) is 16.0 Å². The van der Waals surface area contributed by atoms with Crippen molar-refractivity contribution in [2.75, 3.05) is 13.2 Å². The monoisotopic (exact) mass is 408 g/mol. The van der Waals surface area contributed by atoms with E-state index in [4.69, 9.17) is 4.74 Å². The van der Waals surface area contributed by atoms with E-state index in [1.54, 1.807) is 5.38 Å². The summed E-state index contributed by atoms with van der Waals surface area (Å²) in [6.07, 6.45) is 0.727. The smallest absolute Gasteiger partial charge is 0.358 e. The van der Waals surface area contributed by atoms with Gasteiger partial charge in [-0.15, -0.1) is 11.3 Å². The van der Waals surface area contributed by atoms with Gasteiger partial charge in [-0.1, -0.05) is 68.4 Å². The lowest BCUT2D eigenvalue weighted by atomic mass is 10.0. The summed E-state index contributed by atoms with van der Waals surface area (Å²) in [5.41, 5.74) is 3.60. The number of carbonyl (C=O) groups is 2. The standard InChI is InChI=1S/C23H24N2O3S/c1-16(2)18-10-8-17(9-11-18)12-13-24-21(26)14-28-23(27)20-15-29-22(25-20)19-6-4-3-5-7-19/h3-11,15-16H,12-14H2,1-2H3,(H,24,26). The number of nitrogens with zero attached hydrogens (tertiary/aromatic N) is 1. The van der Waals surface area contributed by atoms with Crippen LogP contribution >= 0.6 is 11.3 Å². The van der Waals surface area contributed by atoms with E-state index < -0.39 is 5.97 Å². The Morgan fingerprint density at radius 3 is 2.48 bits per heavy atom. The molecule has 1 N–H and O–H groups in total. The Hall–Kier alpha value is -2.99. The maximum absolute atomic E-state index is 12.1. The molecule has 29 heavy (non-hydrogen) atoms. The second kappa shape index (κ2) is 9.98. The normalized spacial score (nSPS) is 10.7. The van der Waals surface area contributed by atoms with Gasteiger partial charge in [-0.05, 0) is 23.5 Å². The lowest BCUT2D eigenvalue weighted by molar-refractivity contribution is -0.124. The molecule has 0 aliphatic carbocycles. The van der Waals surface area contributed by atoms with Gasteiger partial charge in [0.1, 0.15) is 5.01 Å². The fourth-order valence-corrected chi connectivity index (χ4v) is 3.55. The zero-order valence-corrected chi connectivity index (χ0v) is 17.4. The molecule has 150 valence electrons. The molecule has 0 atom stereocenters. The highest BCUT2D eigenvalue weighted by Gasteiger charge is 2.14. The highest BCUT2D eigenvalue weighted by molar-refractivity contribution is 7.13. The van der Waals surface area contributed by atoms with Crippen LogP contribution in [0.4, 0.5) is 0 Å². The fourth-order valence-electron chi connectivity index (χ4n) is 2.75. The third-order valence-corrected chi connectivity index (χ3v) is 5.34. The van der Waals surface area contributed by atoms with Crippen LogP contribution in [0.25, 0.3) is 10.6 Å². The van der Waals surface area contributed by atoms with Crippen molar-refractivity contribution in [2.24, 2.45) is 0 Å². The number of ether oxygens (including phenoxy) is 1. The molecule has 1 heterocycles. The van der Waals surface area contributed by atoms with E-state index in [-0.39, 0.29) is 18.2 Å². The van der Waals surface area contributed by atoms with E-state index in [0.29, 0.717) is 12.5 Å². The van der Waals surface area contributed by atoms with Crippen molar-refractivity contribution in [1.82, 2.24) is 10.3 Å². The molecular weight excluding hydrogens is 384 g/mol. The van der Waals surface area contributed by atoms with Gasteiger partial charge in [-0.25, -0.2) is 9.78 Å². The molecule has 2 aromatic carbocycles. The summed E-state index contributed by atoms with van der Waals surface area (Å²) < 4.78 is 5.08. The van der Waals surface area contributed by atoms with E-state index in [2.05, 4.69) is 48.4 Å². The van der Waals surface area contributed by atoms with E-state index in [9.17, 15) is 9.59 Å². The molecule has 1 amide bonds. The average molecular weight is 409 g/mol. The Balaban J connectivity index is 1.41. The van der Waals surface area contributed by atoms with Gasteiger partial charge in [0.15, 0.2) is 12.3 Å². The molecule has 0 saturated carbocycles. The number of hydrogen-bond acceptors (Lipinski definition) is 5. The van der Waals surface area contributed by atoms with Crippen LogP contribution in [0, 0.1) is 0 Å². The third-order valence-electron chi connectivity index (χ3n) is 4.45. The molecule has 0 aliphatic heterocycles. The minimum Gasteiger partial charge on any atom is -0.451 e. The minimum absolute atomic E-state index is 0.215. The van der Waals surface area contributed by atoms with E-state index >= 15 is 0 Å². The number of thiazole rings is 1. The number of aromatic nitrogens is 1. The summed E-state index contributed by atoms with van der Waals surface area (Å²) in [5, 5.41) is 5.16. The quantitative estimate of drug-likeness (QED) is 0.559. The summed E-state index contributed by atoms with van der Waals surface area (Å²) in [7, 11) is 0. The van der Waals surface area contributed by atoms with Crippen LogP contribution in [-0.4, -0.2) is 30.0 Å². The van der Waals surface area contributed by atoms with Gasteiger partial charge in [0.2, 0.25) is 0 Å². The number of benzene rings is 2. The number of carbonyl (C=O) groups excluding carboxylic acids is 2. The van der Waals surface area contributed by atoms with Crippen molar-refractivity contribution in [2.45, 2.75) is 26.2 Å². The van der Waals surface area contributed by atoms with Crippen LogP contribution in [0.3, 0.4) is 0 Å². The average Bonchev–Trinajstić information content (AvgIpc) is 3.23. The van der Waals surface area contributed by atoms with Gasteiger partial charge in [-0.3, -0.25) is 4.79 Å². The predicted octanol–water partition coefficient (Wildman–Crippen LogP) is 4.45. The number of amides is 1. The first kappa shape index (κ1) is 20.7. The number of rotatable bonds is 8. The molecule has 0 aliphatic rings. The molecule has 3 aromatic rings. The highest BCUT2D eigenvalue weighted by Crippen LogP contribution is 2.23. The largest absolute Gasteiger partial charge is 0.451 e. The molecule has 0 bridgehead atoms. The first-order valence-electron chi connectivity index (χ1n) is 9.56. The topological polar surface area (TPSA) is 68.3 Å². The second-order valence-corrected chi connectivity index (χ2v) is 7.83. The minimum atomic E-state index is -0.595. The van der Waals surface area contributed by atoms with Gasteiger partial charge in [-0.2, -0.15) is 0 Å². The van der Waals surface area contributed by atoms with Crippen LogP contribution in [0.5, 0.6) is 0 Å². The van der Waals surface area contributed by atoms with E-state index in [0.717, 1.165) is 22.6 Å². The highest BCUT2D eigenvalue weighted by atomic mass is 32.1. The Kier molecular flexibility index (Phi) is 7.14. The molecule has 1 aromatic heterocycles. The fraction of sp³-hybridized carbons (Fsp3) is 0.261. The third kappa shape index (κ3) is 5.99. The Morgan fingerprint density at radius 1 is 1.07 bits per heavy atom. The summed E-state index contributed by atoms with van der Waals surface area (Å²) >= 11 is 1.37. The molecule has 0 unspecified atom stereocenters. The summed E-state index contributed by atoms with van der Waals surface area (Å²) in [6, 6.07) is 18.0. The van der Waals surface area contributed by atoms with E-state index in [1.807, 2.05) is 30.3 Å². The summed E-state index contributed by atoms with van der Waals surface area (Å²) in [5.74, 6) is -0.418. The maximum Gasteiger partial charge on any atom is 0.358 e. The first-order chi connectivity index (χ1) is 14.0. The van der Waals surface area contributed by atoms with Crippen LogP contribution in [0.2, 0.25) is 0 Å². The van der Waals surface area contributed by atoms with E-state index in [1.165, 1.54) is 16.9 Å². The van der Waals surface area contributed by atoms with Gasteiger partial charge >= 0.3 is 5.97 Å². The zero-order chi connectivity index (χ0) is 20.6. The lowest BCUT2D eigenvalue weighted by Crippen LogP contribution is -2.30. The van der Waals surface area contributed by atoms with Crippen molar-refractivity contribution in [3.63, 3.8) is 0 Å². The molecule has 0 fully saturated rings. The zero-order valence-electron chi connectivity index (χ0n) is 16.6. The van der Waals surface area contributed by atoms with Gasteiger partial charge < -0.3 is 10.1 Å². The summed E-state index contributed by atoms with van der Waals surface area (Å²) in [4.78, 5) is 28.3. The molecule has 0 radical (unpaired) electrons. The van der Waals surface area contributed by atoms with Crippen molar-refractivity contribution >= 4 is 23.2 Å². The molecule has 5 nitrogen and oxygen atoms in total. The number of hydrogen-bond donors (Lipinski definition) is 1. The lowest BCUT2D eigenvalue weighted by Gasteiger charge is -2.08. The number of nitrogens with one attached hydrogen (secondary N) is 1. The Labute approximate surface area is 174 Å². The molecule has 0 spiro atoms. The SMILES string of the molecule is CC(C)c1ccc(CCNC(=O)COC(=O)c2csc(-c3ccccc3)n2)cc1. The van der Waals surface area contributed by atoms with Crippen LogP contribution < -0.4 is 5.32 Å². The van der Waals surface area contributed by atoms with Crippen LogP contribution in [0.15, 0.2) is 60.0 Å². The Morgan fingerprint density at radius 2 is 1.79 bits per heavy atom. The molecule has 3 rings (SSSR count). The molecule has 0 saturated heterocycles. The Bertz CT molecular complexity index is 950. The summed E-state index contributed by atoms with van der Waals surface area (Å²) in [6.45, 7) is 4.49. The molecular formula is C23H24N2O3S. The van der Waals surface area contributed by atoms with Gasteiger partial charge in [0.25, 0.3) is 5.91 Å². The predicted molar refractivity (Wildman–Crippen MR) is 115 cm³/mol. The van der Waals surface area contributed by atoms with Crippen LogP contribution in [0.1, 0.15) is 41.4 Å². The van der Waals surface area contributed by atoms with Gasteiger partial charge in [0.05, 0.1) is 0 Å². The number of esters is 1. The molecule has 6 heteroatoms. The van der Waals surface area contributed by atoms with Crippen molar-refractivity contribution in [1.29, 1.82) is 0 Å². The second-order valence-electron chi connectivity index (χ2n) is 6.98.